The van der Waals surface area contributed by atoms with Crippen LogP contribution in [0.5, 0.6) is 0 Å². The molecule has 2 amide bonds. The summed E-state index contributed by atoms with van der Waals surface area (Å²) in [6.45, 7) is 11.0. The average molecular weight is 299 g/mol. The van der Waals surface area contributed by atoms with E-state index < -0.39 is 0 Å². The molecule has 2 atom stereocenters. The molecule has 1 aliphatic heterocycles. The summed E-state index contributed by atoms with van der Waals surface area (Å²) in [7, 11) is 3.75. The van der Waals surface area contributed by atoms with E-state index in [-0.39, 0.29) is 29.4 Å². The Hall–Kier alpha value is 0.01000. The number of carbonyl (C=O) groups is 1. The number of nitrogens with zero attached hydrogens (tertiary/aromatic N) is 1. The molecule has 0 aromatic rings. The van der Waals surface area contributed by atoms with Crippen LogP contribution in [0.4, 0.5) is 4.79 Å². The van der Waals surface area contributed by atoms with E-state index in [1.54, 1.807) is 7.05 Å². The van der Waals surface area contributed by atoms with Crippen molar-refractivity contribution in [2.75, 3.05) is 33.7 Å². The van der Waals surface area contributed by atoms with E-state index in [1.165, 1.54) is 6.42 Å². The van der Waals surface area contributed by atoms with Crippen molar-refractivity contribution in [2.45, 2.75) is 34.1 Å². The predicted octanol–water partition coefficient (Wildman–Crippen LogP) is 2.09. The number of likely N-dealkylation sites (tertiary alicyclic amines) is 1. The van der Waals surface area contributed by atoms with Crippen LogP contribution in [0.3, 0.4) is 0 Å². The highest BCUT2D eigenvalue weighted by atomic mass is 32.1. The number of amides is 2. The van der Waals surface area contributed by atoms with Gasteiger partial charge in [0.15, 0.2) is 0 Å². The van der Waals surface area contributed by atoms with Crippen molar-refractivity contribution >= 4 is 29.4 Å². The van der Waals surface area contributed by atoms with Crippen molar-refractivity contribution in [3.05, 3.63) is 0 Å². The summed E-state index contributed by atoms with van der Waals surface area (Å²) in [6.07, 6.45) is 1.19. The fraction of sp³-hybridized carbons (Fsp3) is 0.917. The van der Waals surface area contributed by atoms with Gasteiger partial charge in [-0.15, -0.1) is 0 Å². The molecular weight excluding hydrogens is 265 g/mol. The van der Waals surface area contributed by atoms with Gasteiger partial charge in [-0.2, -0.15) is 23.4 Å². The van der Waals surface area contributed by atoms with Crippen LogP contribution in [0.25, 0.3) is 0 Å². The number of urea groups is 1. The number of carbonyl (C=O) groups excluding carboxylic acids is 1. The maximum absolute atomic E-state index is 10.8. The highest BCUT2D eigenvalue weighted by Crippen LogP contribution is 2.12. The number of nitrogens with one attached hydrogen (secondary N) is 2. The van der Waals surface area contributed by atoms with Gasteiger partial charge in [-0.1, -0.05) is 27.7 Å². The van der Waals surface area contributed by atoms with Gasteiger partial charge in [0.1, 0.15) is 0 Å². The van der Waals surface area contributed by atoms with Gasteiger partial charge >= 0.3 is 6.03 Å². The third kappa shape index (κ3) is 14.1. The van der Waals surface area contributed by atoms with Gasteiger partial charge < -0.3 is 15.5 Å². The van der Waals surface area contributed by atoms with E-state index in [0.29, 0.717) is 5.92 Å². The van der Waals surface area contributed by atoms with Crippen LogP contribution < -0.4 is 10.6 Å². The van der Waals surface area contributed by atoms with Gasteiger partial charge in [0.25, 0.3) is 0 Å². The second-order valence-electron chi connectivity index (χ2n) is 3.38. The van der Waals surface area contributed by atoms with Crippen molar-refractivity contribution < 1.29 is 4.79 Å². The summed E-state index contributed by atoms with van der Waals surface area (Å²) in [5, 5.41) is 5.35. The third-order valence-corrected chi connectivity index (χ3v) is 2.27. The molecule has 18 heavy (non-hydrogen) atoms. The quantitative estimate of drug-likeness (QED) is 0.767. The largest absolute Gasteiger partial charge is 0.341 e. The maximum atomic E-state index is 10.8. The fourth-order valence-electron chi connectivity index (χ4n) is 1.52. The van der Waals surface area contributed by atoms with Crippen LogP contribution in [-0.2, 0) is 0 Å². The van der Waals surface area contributed by atoms with Crippen molar-refractivity contribution in [3.63, 3.8) is 0 Å². The lowest BCUT2D eigenvalue weighted by Crippen LogP contribution is -2.36. The van der Waals surface area contributed by atoms with E-state index in [4.69, 9.17) is 0 Å². The molecule has 0 spiro atoms. The molecule has 6 heteroatoms. The van der Waals surface area contributed by atoms with Crippen LogP contribution in [0, 0.1) is 5.92 Å². The Labute approximate surface area is 124 Å². The normalized spacial score (nSPS) is 16.7. The maximum Gasteiger partial charge on any atom is 0.314 e. The Kier molecular flexibility index (Phi) is 28.5. The molecule has 1 rings (SSSR count). The molecule has 1 heterocycles. The predicted molar refractivity (Wildman–Crippen MR) is 92.2 cm³/mol. The molecule has 2 N–H and O–H groups in total. The van der Waals surface area contributed by atoms with E-state index in [0.717, 1.165) is 19.6 Å². The summed E-state index contributed by atoms with van der Waals surface area (Å²) in [4.78, 5) is 13.1. The summed E-state index contributed by atoms with van der Waals surface area (Å²) in [6, 6.07) is -0.0791. The van der Waals surface area contributed by atoms with Gasteiger partial charge in [-0.05, 0) is 25.9 Å². The van der Waals surface area contributed by atoms with Crippen LogP contribution in [-0.4, -0.2) is 44.7 Å². The van der Waals surface area contributed by atoms with E-state index >= 15 is 0 Å². The third-order valence-electron chi connectivity index (χ3n) is 2.27. The van der Waals surface area contributed by atoms with Gasteiger partial charge in [0, 0.05) is 20.1 Å². The molecule has 0 aromatic carbocycles. The minimum Gasteiger partial charge on any atom is -0.341 e. The lowest BCUT2D eigenvalue weighted by atomic mass is 10.1. The summed E-state index contributed by atoms with van der Waals surface area (Å²) in [5.74, 6) is 0.632. The second kappa shape index (κ2) is 19.4. The number of hydrogen-bond donors (Lipinski definition) is 2. The molecule has 1 aliphatic rings. The SMILES string of the molecule is CC.CC.CNC(=O)NCC1CCN(C)C1.P.S. The first-order valence-corrected chi connectivity index (χ1v) is 6.36. The Morgan fingerprint density at radius 3 is 2.11 bits per heavy atom. The van der Waals surface area contributed by atoms with E-state index in [1.807, 2.05) is 27.7 Å². The monoisotopic (exact) mass is 299 g/mol. The summed E-state index contributed by atoms with van der Waals surface area (Å²) < 4.78 is 0. The molecular formula is C12H34N3OPS. The van der Waals surface area contributed by atoms with Crippen LogP contribution in [0.15, 0.2) is 0 Å². The Morgan fingerprint density at radius 2 is 1.78 bits per heavy atom. The number of rotatable bonds is 2. The summed E-state index contributed by atoms with van der Waals surface area (Å²) in [5.41, 5.74) is 0. The minimum atomic E-state index is -0.0791. The Morgan fingerprint density at radius 1 is 1.28 bits per heavy atom. The highest BCUT2D eigenvalue weighted by molar-refractivity contribution is 7.59. The molecule has 114 valence electrons. The summed E-state index contributed by atoms with van der Waals surface area (Å²) >= 11 is 0. The second-order valence-corrected chi connectivity index (χ2v) is 3.38. The average Bonchev–Trinajstić information content (AvgIpc) is 2.77. The van der Waals surface area contributed by atoms with Gasteiger partial charge in [0.05, 0.1) is 0 Å². The smallest absolute Gasteiger partial charge is 0.314 e. The molecule has 0 aromatic heterocycles. The molecule has 0 saturated carbocycles. The molecule has 0 bridgehead atoms. The van der Waals surface area contributed by atoms with E-state index in [9.17, 15) is 4.79 Å². The van der Waals surface area contributed by atoms with Crippen LogP contribution >= 0.6 is 23.4 Å². The van der Waals surface area contributed by atoms with Crippen molar-refractivity contribution in [2.24, 2.45) is 5.92 Å². The lowest BCUT2D eigenvalue weighted by molar-refractivity contribution is 0.241. The van der Waals surface area contributed by atoms with Gasteiger partial charge in [-0.3, -0.25) is 0 Å². The highest BCUT2D eigenvalue weighted by Gasteiger charge is 2.19. The van der Waals surface area contributed by atoms with E-state index in [2.05, 4.69) is 22.6 Å². The first kappa shape index (κ1) is 26.5. The van der Waals surface area contributed by atoms with Crippen molar-refractivity contribution in [1.82, 2.24) is 15.5 Å². The molecule has 1 saturated heterocycles. The zero-order chi connectivity index (χ0) is 13.0. The standard InChI is InChI=1S/C8H17N3O.2C2H6.H3P.H2S/c1-9-8(12)10-5-7-3-4-11(2)6-7;2*1-2;;/h7H,3-6H2,1-2H3,(H2,9,10,12);2*1-2H3;1H3;1H2. The molecule has 0 radical (unpaired) electrons. The molecule has 1 fully saturated rings. The topological polar surface area (TPSA) is 44.4 Å². The van der Waals surface area contributed by atoms with Crippen molar-refractivity contribution in [3.8, 4) is 0 Å². The van der Waals surface area contributed by atoms with Gasteiger partial charge in [0.2, 0.25) is 0 Å². The van der Waals surface area contributed by atoms with Gasteiger partial charge in [-0.25, -0.2) is 4.79 Å². The molecule has 0 aliphatic carbocycles. The number of hydrogen-bond acceptors (Lipinski definition) is 2. The first-order chi connectivity index (χ1) is 7.72. The van der Waals surface area contributed by atoms with Crippen LogP contribution in [0.2, 0.25) is 0 Å². The molecule has 2 unspecified atom stereocenters. The fourth-order valence-corrected chi connectivity index (χ4v) is 1.52. The first-order valence-electron chi connectivity index (χ1n) is 6.36. The zero-order valence-electron chi connectivity index (χ0n) is 13.0. The Bertz CT molecular complexity index is 173. The lowest BCUT2D eigenvalue weighted by Gasteiger charge is -2.10. The minimum absolute atomic E-state index is 0. The molecule has 4 nitrogen and oxygen atoms in total. The van der Waals surface area contributed by atoms with Crippen LogP contribution in [0.1, 0.15) is 34.1 Å². The zero-order valence-corrected chi connectivity index (χ0v) is 15.4. The Balaban J connectivity index is -0.000000149. The van der Waals surface area contributed by atoms with Crippen molar-refractivity contribution in [1.29, 1.82) is 0 Å².